The molecule has 2 amide bonds. The van der Waals surface area contributed by atoms with E-state index in [2.05, 4.69) is 36.5 Å². The summed E-state index contributed by atoms with van der Waals surface area (Å²) in [5.74, 6) is -0.302. The van der Waals surface area contributed by atoms with Crippen LogP contribution in [0.4, 0.5) is 14.9 Å². The van der Waals surface area contributed by atoms with Crippen molar-refractivity contribution in [3.8, 4) is 0 Å². The number of rotatable bonds is 2. The van der Waals surface area contributed by atoms with Crippen molar-refractivity contribution < 1.29 is 9.18 Å². The summed E-state index contributed by atoms with van der Waals surface area (Å²) >= 11 is 0. The molecule has 1 unspecified atom stereocenters. The first-order chi connectivity index (χ1) is 12.0. The molecule has 3 nitrogen and oxygen atoms in total. The number of nitrogens with one attached hydrogen (secondary N) is 1. The third kappa shape index (κ3) is 4.19. The molecule has 1 fully saturated rings. The molecule has 0 bridgehead atoms. The van der Waals surface area contributed by atoms with E-state index in [1.54, 1.807) is 19.1 Å². The van der Waals surface area contributed by atoms with Crippen LogP contribution in [0, 0.1) is 19.7 Å². The first-order valence-electron chi connectivity index (χ1n) is 8.95. The average Bonchev–Trinajstić information content (AvgIpc) is 2.85. The largest absolute Gasteiger partial charge is 0.322 e. The van der Waals surface area contributed by atoms with Crippen LogP contribution in [0.2, 0.25) is 0 Å². The van der Waals surface area contributed by atoms with Crippen LogP contribution in [0.25, 0.3) is 0 Å². The van der Waals surface area contributed by atoms with Gasteiger partial charge in [0.05, 0.1) is 6.04 Å². The van der Waals surface area contributed by atoms with Crippen molar-refractivity contribution in [3.05, 3.63) is 65.0 Å². The Labute approximate surface area is 148 Å². The normalized spacial score (nSPS) is 17.9. The Kier molecular flexibility index (Phi) is 5.37. The molecule has 1 saturated heterocycles. The van der Waals surface area contributed by atoms with Gasteiger partial charge in [-0.3, -0.25) is 0 Å². The summed E-state index contributed by atoms with van der Waals surface area (Å²) in [5.41, 5.74) is 3.45. The Bertz CT molecular complexity index is 742. The fraction of sp³-hybridized carbons (Fsp3) is 0.381. The van der Waals surface area contributed by atoms with E-state index < -0.39 is 0 Å². The molecular formula is C21H25FN2O. The van der Waals surface area contributed by atoms with E-state index in [1.165, 1.54) is 11.6 Å². The molecule has 25 heavy (non-hydrogen) atoms. The standard InChI is InChI=1S/C21H25FN2O/c1-15-7-10-17(11-8-15)20-6-4-3-5-13-24(20)21(25)23-18-12-9-16(2)19(22)14-18/h7-12,14,20H,3-6,13H2,1-2H3,(H,23,25). The minimum absolute atomic E-state index is 0.0680. The number of likely N-dealkylation sites (tertiary alicyclic amines) is 1. The van der Waals surface area contributed by atoms with Gasteiger partial charge in [0.15, 0.2) is 0 Å². The molecule has 0 spiro atoms. The number of benzene rings is 2. The Balaban J connectivity index is 1.81. The van der Waals surface area contributed by atoms with Gasteiger partial charge in [-0.2, -0.15) is 0 Å². The van der Waals surface area contributed by atoms with Gasteiger partial charge in [0.2, 0.25) is 0 Å². The summed E-state index contributed by atoms with van der Waals surface area (Å²) in [5, 5.41) is 2.87. The summed E-state index contributed by atoms with van der Waals surface area (Å²) < 4.78 is 13.8. The highest BCUT2D eigenvalue weighted by Gasteiger charge is 2.26. The van der Waals surface area contributed by atoms with Gasteiger partial charge in [-0.05, 0) is 49.9 Å². The summed E-state index contributed by atoms with van der Waals surface area (Å²) in [7, 11) is 0. The van der Waals surface area contributed by atoms with E-state index in [1.807, 2.05) is 4.90 Å². The van der Waals surface area contributed by atoms with Crippen molar-refractivity contribution in [2.45, 2.75) is 45.6 Å². The summed E-state index contributed by atoms with van der Waals surface area (Å²) in [6, 6.07) is 13.1. The van der Waals surface area contributed by atoms with Crippen molar-refractivity contribution in [2.24, 2.45) is 0 Å². The van der Waals surface area contributed by atoms with Crippen LogP contribution in [-0.2, 0) is 0 Å². The number of anilines is 1. The van der Waals surface area contributed by atoms with Gasteiger partial charge >= 0.3 is 6.03 Å². The zero-order valence-corrected chi connectivity index (χ0v) is 14.9. The van der Waals surface area contributed by atoms with Gasteiger partial charge in [-0.15, -0.1) is 0 Å². The zero-order chi connectivity index (χ0) is 17.8. The Morgan fingerprint density at radius 1 is 1.08 bits per heavy atom. The molecule has 1 atom stereocenters. The molecule has 1 aliphatic rings. The topological polar surface area (TPSA) is 32.3 Å². The van der Waals surface area contributed by atoms with Gasteiger partial charge in [0.1, 0.15) is 5.82 Å². The molecule has 0 saturated carbocycles. The van der Waals surface area contributed by atoms with Crippen molar-refractivity contribution in [1.82, 2.24) is 4.90 Å². The quantitative estimate of drug-likeness (QED) is 0.759. The van der Waals surface area contributed by atoms with Crippen molar-refractivity contribution in [3.63, 3.8) is 0 Å². The van der Waals surface area contributed by atoms with Crippen LogP contribution in [-0.4, -0.2) is 17.5 Å². The average molecular weight is 340 g/mol. The van der Waals surface area contributed by atoms with Crippen LogP contribution in [0.15, 0.2) is 42.5 Å². The molecular weight excluding hydrogens is 315 g/mol. The van der Waals surface area contributed by atoms with Gasteiger partial charge in [-0.25, -0.2) is 9.18 Å². The predicted octanol–water partition coefficient (Wildman–Crippen LogP) is 5.59. The summed E-state index contributed by atoms with van der Waals surface area (Å²) in [6.07, 6.45) is 4.20. The lowest BCUT2D eigenvalue weighted by atomic mass is 10.00. The molecule has 0 radical (unpaired) electrons. The lowest BCUT2D eigenvalue weighted by Crippen LogP contribution is -2.38. The molecule has 2 aromatic rings. The first-order valence-corrected chi connectivity index (χ1v) is 8.95. The Morgan fingerprint density at radius 3 is 2.56 bits per heavy atom. The fourth-order valence-electron chi connectivity index (χ4n) is 3.35. The highest BCUT2D eigenvalue weighted by atomic mass is 19.1. The minimum Gasteiger partial charge on any atom is -0.317 e. The number of hydrogen-bond acceptors (Lipinski definition) is 1. The van der Waals surface area contributed by atoms with E-state index in [0.717, 1.165) is 37.8 Å². The highest BCUT2D eigenvalue weighted by molar-refractivity contribution is 5.89. The van der Waals surface area contributed by atoms with E-state index in [0.29, 0.717) is 11.3 Å². The van der Waals surface area contributed by atoms with E-state index >= 15 is 0 Å². The molecule has 2 aromatic carbocycles. The maximum absolute atomic E-state index is 13.8. The third-order valence-electron chi connectivity index (χ3n) is 4.90. The smallest absolute Gasteiger partial charge is 0.317 e. The van der Waals surface area contributed by atoms with Gasteiger partial charge in [0.25, 0.3) is 0 Å². The Morgan fingerprint density at radius 2 is 1.84 bits per heavy atom. The summed E-state index contributed by atoms with van der Waals surface area (Å²) in [4.78, 5) is 14.8. The third-order valence-corrected chi connectivity index (χ3v) is 4.90. The van der Waals surface area contributed by atoms with Crippen LogP contribution >= 0.6 is 0 Å². The van der Waals surface area contributed by atoms with Crippen LogP contribution in [0.3, 0.4) is 0 Å². The van der Waals surface area contributed by atoms with E-state index in [9.17, 15) is 9.18 Å². The van der Waals surface area contributed by atoms with Gasteiger partial charge in [0, 0.05) is 12.2 Å². The van der Waals surface area contributed by atoms with Crippen LogP contribution < -0.4 is 5.32 Å². The highest BCUT2D eigenvalue weighted by Crippen LogP contribution is 2.31. The molecule has 3 rings (SSSR count). The monoisotopic (exact) mass is 340 g/mol. The van der Waals surface area contributed by atoms with Gasteiger partial charge in [-0.1, -0.05) is 48.7 Å². The SMILES string of the molecule is Cc1ccc(C2CCCCCN2C(=O)Nc2ccc(C)c(F)c2)cc1. The number of hydrogen-bond donors (Lipinski definition) is 1. The number of urea groups is 1. The molecule has 0 aromatic heterocycles. The molecule has 1 N–H and O–H groups in total. The second-order valence-corrected chi connectivity index (χ2v) is 6.86. The molecule has 1 heterocycles. The number of nitrogens with zero attached hydrogens (tertiary/aromatic N) is 1. The van der Waals surface area contributed by atoms with Gasteiger partial charge < -0.3 is 10.2 Å². The van der Waals surface area contributed by atoms with E-state index in [-0.39, 0.29) is 17.9 Å². The lowest BCUT2D eigenvalue weighted by Gasteiger charge is -2.30. The predicted molar refractivity (Wildman–Crippen MR) is 99.2 cm³/mol. The number of amides is 2. The van der Waals surface area contributed by atoms with Crippen LogP contribution in [0.5, 0.6) is 0 Å². The van der Waals surface area contributed by atoms with Crippen molar-refractivity contribution in [1.29, 1.82) is 0 Å². The minimum atomic E-state index is -0.302. The number of halogens is 1. The molecule has 1 aliphatic heterocycles. The second kappa shape index (κ2) is 7.68. The summed E-state index contributed by atoms with van der Waals surface area (Å²) in [6.45, 7) is 4.50. The zero-order valence-electron chi connectivity index (χ0n) is 14.9. The van der Waals surface area contributed by atoms with Crippen LogP contribution in [0.1, 0.15) is 48.4 Å². The lowest BCUT2D eigenvalue weighted by molar-refractivity contribution is 0.189. The van der Waals surface area contributed by atoms with Crippen molar-refractivity contribution >= 4 is 11.7 Å². The maximum Gasteiger partial charge on any atom is 0.322 e. The number of carbonyl (C=O) groups is 1. The molecule has 0 aliphatic carbocycles. The number of aryl methyl sites for hydroxylation is 2. The fourth-order valence-corrected chi connectivity index (χ4v) is 3.35. The molecule has 132 valence electrons. The first kappa shape index (κ1) is 17.5. The maximum atomic E-state index is 13.8. The van der Waals surface area contributed by atoms with Crippen molar-refractivity contribution in [2.75, 3.05) is 11.9 Å². The molecule has 4 heteroatoms. The Hall–Kier alpha value is -2.36. The van der Waals surface area contributed by atoms with E-state index in [4.69, 9.17) is 0 Å². The number of carbonyl (C=O) groups excluding carboxylic acids is 1. The second-order valence-electron chi connectivity index (χ2n) is 6.86.